The van der Waals surface area contributed by atoms with Crippen LogP contribution in [0.2, 0.25) is 0 Å². The number of pyridine rings is 2. The highest BCUT2D eigenvalue weighted by Gasteiger charge is 2.53. The van der Waals surface area contributed by atoms with E-state index in [2.05, 4.69) is 204 Å². The third-order valence-corrected chi connectivity index (χ3v) is 14.4. The fraction of sp³-hybridized carbons (Fsp3) is 0.0159. The average molecular weight is 823 g/mol. The van der Waals surface area contributed by atoms with Gasteiger partial charge in [-0.05, 0) is 171 Å². The van der Waals surface area contributed by atoms with E-state index in [1.807, 2.05) is 36.9 Å². The van der Waals surface area contributed by atoms with Gasteiger partial charge in [0.15, 0.2) is 0 Å². The lowest BCUT2D eigenvalue weighted by Gasteiger charge is -2.31. The minimum atomic E-state index is -0.498. The third-order valence-electron chi connectivity index (χ3n) is 14.4. The summed E-state index contributed by atoms with van der Waals surface area (Å²) in [7, 11) is 0. The van der Waals surface area contributed by atoms with Crippen molar-refractivity contribution < 1.29 is 0 Å². The van der Waals surface area contributed by atoms with Crippen LogP contribution >= 0.6 is 0 Å². The topological polar surface area (TPSA) is 25.8 Å². The summed E-state index contributed by atoms with van der Waals surface area (Å²) in [6.45, 7) is 0. The second kappa shape index (κ2) is 13.8. The van der Waals surface area contributed by atoms with Crippen molar-refractivity contribution in [2.24, 2.45) is 0 Å². The Labute approximate surface area is 377 Å². The Bertz CT molecular complexity index is 3620. The predicted octanol–water partition coefficient (Wildman–Crippen LogP) is 16.0. The van der Waals surface area contributed by atoms with E-state index in [-0.39, 0.29) is 0 Å². The molecule has 300 valence electrons. The average Bonchev–Trinajstić information content (AvgIpc) is 3.99. The summed E-state index contributed by atoms with van der Waals surface area (Å²) < 4.78 is 0. The van der Waals surface area contributed by atoms with Crippen molar-refractivity contribution in [3.8, 4) is 100 Å². The fourth-order valence-electron chi connectivity index (χ4n) is 11.7. The molecule has 0 saturated heterocycles. The molecule has 0 unspecified atom stereocenters. The van der Waals surface area contributed by atoms with Gasteiger partial charge in [-0.2, -0.15) is 0 Å². The largest absolute Gasteiger partial charge is 0.264 e. The molecule has 14 rings (SSSR count). The molecule has 2 heterocycles. The number of rotatable bonds is 5. The van der Waals surface area contributed by atoms with E-state index in [9.17, 15) is 0 Å². The van der Waals surface area contributed by atoms with Crippen LogP contribution < -0.4 is 0 Å². The zero-order chi connectivity index (χ0) is 42.6. The lowest BCUT2D eigenvalue weighted by Crippen LogP contribution is -2.26. The van der Waals surface area contributed by atoms with E-state index in [0.717, 1.165) is 44.5 Å². The van der Waals surface area contributed by atoms with Gasteiger partial charge in [0, 0.05) is 35.9 Å². The second-order valence-corrected chi connectivity index (χ2v) is 17.6. The molecular formula is C63H38N2. The number of hydrogen-bond donors (Lipinski definition) is 0. The maximum atomic E-state index is 4.48. The normalized spacial score (nSPS) is 13.0. The molecule has 3 aliphatic carbocycles. The zero-order valence-electron chi connectivity index (χ0n) is 35.3. The molecule has 1 spiro atoms. The smallest absolute Gasteiger partial charge is 0.0725 e. The summed E-state index contributed by atoms with van der Waals surface area (Å²) in [6.07, 6.45) is 7.57. The van der Waals surface area contributed by atoms with Crippen LogP contribution in [0, 0.1) is 0 Å². The van der Waals surface area contributed by atoms with Gasteiger partial charge in [-0.25, -0.2) is 0 Å². The Hall–Kier alpha value is -8.46. The van der Waals surface area contributed by atoms with Crippen LogP contribution in [0.15, 0.2) is 231 Å². The van der Waals surface area contributed by atoms with Crippen LogP contribution in [0.5, 0.6) is 0 Å². The minimum absolute atomic E-state index is 0.498. The van der Waals surface area contributed by atoms with E-state index >= 15 is 0 Å². The van der Waals surface area contributed by atoms with Gasteiger partial charge in [0.2, 0.25) is 0 Å². The highest BCUT2D eigenvalue weighted by atomic mass is 14.6. The molecule has 0 amide bonds. The Balaban J connectivity index is 1.12. The maximum absolute atomic E-state index is 4.48. The van der Waals surface area contributed by atoms with Crippen molar-refractivity contribution >= 4 is 10.8 Å². The van der Waals surface area contributed by atoms with Gasteiger partial charge in [-0.15, -0.1) is 0 Å². The maximum Gasteiger partial charge on any atom is 0.0725 e. The second-order valence-electron chi connectivity index (χ2n) is 17.6. The minimum Gasteiger partial charge on any atom is -0.264 e. The summed E-state index contributed by atoms with van der Waals surface area (Å²) in [6, 6.07) is 77.3. The van der Waals surface area contributed by atoms with Gasteiger partial charge < -0.3 is 0 Å². The molecule has 3 aliphatic rings. The summed E-state index contributed by atoms with van der Waals surface area (Å²) in [5.74, 6) is 0. The highest BCUT2D eigenvalue weighted by Crippen LogP contribution is 2.67. The summed E-state index contributed by atoms with van der Waals surface area (Å²) in [5.41, 5.74) is 26.9. The zero-order valence-corrected chi connectivity index (χ0v) is 35.3. The molecule has 9 aromatic carbocycles. The quantitative estimate of drug-likeness (QED) is 0.173. The van der Waals surface area contributed by atoms with Crippen LogP contribution in [0.4, 0.5) is 0 Å². The molecule has 0 N–H and O–H groups in total. The molecule has 2 nitrogen and oxygen atoms in total. The first kappa shape index (κ1) is 36.1. The molecule has 65 heavy (non-hydrogen) atoms. The Morgan fingerprint density at radius 1 is 0.262 bits per heavy atom. The Morgan fingerprint density at radius 3 is 1.28 bits per heavy atom. The van der Waals surface area contributed by atoms with Crippen LogP contribution in [-0.2, 0) is 5.41 Å². The molecule has 0 aliphatic heterocycles. The first-order valence-electron chi connectivity index (χ1n) is 22.4. The van der Waals surface area contributed by atoms with Crippen LogP contribution in [-0.4, -0.2) is 9.97 Å². The SMILES string of the molecule is c1cncc(-c2cccc(-c3cc(-c4cccc(-c5cccnc5)c4)cc(-c4c5c(cc6c4-c4ccccc4C64c6ccccc6-c6ccccc64)-c4cccc6cccc-5c46)c3)c2)c1. The first-order valence-corrected chi connectivity index (χ1v) is 22.4. The monoisotopic (exact) mass is 822 g/mol. The van der Waals surface area contributed by atoms with Gasteiger partial charge in [-0.1, -0.05) is 158 Å². The van der Waals surface area contributed by atoms with E-state index < -0.39 is 5.41 Å². The van der Waals surface area contributed by atoms with Crippen LogP contribution in [0.3, 0.4) is 0 Å². The molecule has 0 saturated carbocycles. The first-order chi connectivity index (χ1) is 32.2. The van der Waals surface area contributed by atoms with Crippen molar-refractivity contribution in [1.29, 1.82) is 0 Å². The van der Waals surface area contributed by atoms with E-state index in [1.165, 1.54) is 88.7 Å². The van der Waals surface area contributed by atoms with Gasteiger partial charge >= 0.3 is 0 Å². The standard InChI is InChI=1S/C63H38N2/c1-4-26-55-49(21-1)50-22-2-5-27-56(50)63(55)57-28-6-3-23-52(57)62-58(63)36-54-51-24-9-13-39-14-10-25-53(59(39)51)61(54)60(62)48-34-46(42-17-7-15-40(31-42)44-19-11-29-64-37-44)33-47(35-48)43-18-8-16-41(32-43)45-20-12-30-65-38-45/h1-38H. The fourth-order valence-corrected chi connectivity index (χ4v) is 11.7. The number of hydrogen-bond acceptors (Lipinski definition) is 2. The molecule has 0 bridgehead atoms. The van der Waals surface area contributed by atoms with Crippen molar-refractivity contribution in [2.45, 2.75) is 5.41 Å². The van der Waals surface area contributed by atoms with Crippen molar-refractivity contribution in [1.82, 2.24) is 9.97 Å². The summed E-state index contributed by atoms with van der Waals surface area (Å²) >= 11 is 0. The van der Waals surface area contributed by atoms with Crippen LogP contribution in [0.1, 0.15) is 22.3 Å². The number of aromatic nitrogens is 2. The predicted molar refractivity (Wildman–Crippen MR) is 267 cm³/mol. The number of nitrogens with zero attached hydrogens (tertiary/aromatic N) is 2. The van der Waals surface area contributed by atoms with E-state index in [0.29, 0.717) is 0 Å². The molecular weight excluding hydrogens is 785 g/mol. The van der Waals surface area contributed by atoms with Gasteiger partial charge in [0.1, 0.15) is 0 Å². The van der Waals surface area contributed by atoms with Crippen molar-refractivity contribution in [2.75, 3.05) is 0 Å². The molecule has 0 radical (unpaired) electrons. The van der Waals surface area contributed by atoms with Gasteiger partial charge in [0.25, 0.3) is 0 Å². The number of fused-ring (bicyclic) bond motifs is 13. The van der Waals surface area contributed by atoms with Crippen molar-refractivity contribution in [3.63, 3.8) is 0 Å². The lowest BCUT2D eigenvalue weighted by molar-refractivity contribution is 0.794. The van der Waals surface area contributed by atoms with Crippen LogP contribution in [0.25, 0.3) is 111 Å². The van der Waals surface area contributed by atoms with Crippen molar-refractivity contribution in [3.05, 3.63) is 253 Å². The Morgan fingerprint density at radius 2 is 0.708 bits per heavy atom. The Kier molecular flexibility index (Phi) is 7.64. The highest BCUT2D eigenvalue weighted by molar-refractivity contribution is 6.21. The summed E-state index contributed by atoms with van der Waals surface area (Å²) in [4.78, 5) is 8.95. The van der Waals surface area contributed by atoms with Gasteiger partial charge in [0.05, 0.1) is 5.41 Å². The molecule has 11 aromatic rings. The third kappa shape index (κ3) is 5.11. The summed E-state index contributed by atoms with van der Waals surface area (Å²) in [5, 5.41) is 2.59. The molecule has 2 aromatic heterocycles. The number of benzene rings is 9. The van der Waals surface area contributed by atoms with E-state index in [4.69, 9.17) is 0 Å². The lowest BCUT2D eigenvalue weighted by atomic mass is 9.69. The van der Waals surface area contributed by atoms with Gasteiger partial charge in [-0.3, -0.25) is 9.97 Å². The molecule has 0 fully saturated rings. The molecule has 2 heteroatoms. The van der Waals surface area contributed by atoms with E-state index in [1.54, 1.807) is 0 Å². The molecule has 0 atom stereocenters.